The number of methoxy groups -OCH3 is 1. The number of unbranched alkanes of at least 4 members (excludes halogenated alkanes) is 6. The van der Waals surface area contributed by atoms with Gasteiger partial charge in [-0.05, 0) is 225 Å². The minimum absolute atomic E-state index is 0.0441. The molecule has 8 amide bonds. The maximum atomic E-state index is 12.1. The normalized spacial score (nSPS) is 10.8. The van der Waals surface area contributed by atoms with Gasteiger partial charge in [-0.2, -0.15) is 0 Å². The molecule has 1 atom stereocenters. The summed E-state index contributed by atoms with van der Waals surface area (Å²) in [7, 11) is 1.33. The fourth-order valence-electron chi connectivity index (χ4n) is 12.5. The number of Topliss-reactive ketones (excluding diaryl/α,β-unsaturated/α-hetero) is 1. The summed E-state index contributed by atoms with van der Waals surface area (Å²) in [6.07, 6.45) is 27.2. The Bertz CT molecular complexity index is 3550. The lowest BCUT2D eigenvalue weighted by Gasteiger charge is -2.32. The summed E-state index contributed by atoms with van der Waals surface area (Å²) in [6, 6.07) is 0.463. The molecule has 0 saturated heterocycles. The Morgan fingerprint density at radius 1 is 0.279 bits per heavy atom. The van der Waals surface area contributed by atoms with Gasteiger partial charge >= 0.3 is 41.8 Å². The highest BCUT2D eigenvalue weighted by atomic mass is 16.6. The van der Waals surface area contributed by atoms with Crippen molar-refractivity contribution in [2.45, 2.75) is 383 Å². The average molecular weight is 1990 g/mol. The lowest BCUT2D eigenvalue weighted by molar-refractivity contribution is -0.149. The SMILES string of the molecule is C=CC(=O)N(CCC(=O)COCCCCCCC)C(C)C.C=CC(=O)N(CCC(=O)OC(C)C)C(C)C.C=CC(=O)N(CCC(=O)OC)C(C)C.C=CC(=O)N(CCC(=O)OCC(C)C)C(C)C.C=CC(=O)N(CCC(=O)OCC(CC)(CCC)CCCC)C(C)C.C=CC(=O)N(CCC(=O)OCC)C(C)C.C=CC(=O)N(CCC(=O)OCCC)C(C)C.C=CC(=O)N(CCC(=O)OCCCC)C(C)C. The molecule has 32 nitrogen and oxygen atoms in total. The summed E-state index contributed by atoms with van der Waals surface area (Å²) < 4.78 is 40.2. The lowest BCUT2D eigenvalue weighted by Crippen LogP contribution is -2.37. The predicted octanol–water partition coefficient (Wildman–Crippen LogP) is 18.1. The van der Waals surface area contributed by atoms with Crippen LogP contribution in [0.3, 0.4) is 0 Å². The van der Waals surface area contributed by atoms with Gasteiger partial charge in [-0.25, -0.2) is 0 Å². The largest absolute Gasteiger partial charge is 0.469 e. The Morgan fingerprint density at radius 3 is 0.821 bits per heavy atom. The second-order valence-electron chi connectivity index (χ2n) is 35.8. The number of ether oxygens (including phenoxy) is 8. The highest BCUT2D eigenvalue weighted by Crippen LogP contribution is 2.35. The van der Waals surface area contributed by atoms with Crippen molar-refractivity contribution in [1.29, 1.82) is 0 Å². The molecule has 32 heteroatoms. The van der Waals surface area contributed by atoms with Crippen LogP contribution in [-0.2, 0) is 115 Å². The first-order chi connectivity index (χ1) is 65.7. The van der Waals surface area contributed by atoms with Crippen molar-refractivity contribution in [2.24, 2.45) is 11.3 Å². The molecule has 0 N–H and O–H groups in total. The van der Waals surface area contributed by atoms with E-state index in [0.29, 0.717) is 104 Å². The molecular weight excluding hydrogens is 1790 g/mol. The smallest absolute Gasteiger partial charge is 0.307 e. The number of carbonyl (C=O) groups excluding carboxylic acids is 16. The van der Waals surface area contributed by atoms with Crippen LogP contribution in [0.2, 0.25) is 0 Å². The van der Waals surface area contributed by atoms with E-state index in [1.54, 1.807) is 60.0 Å². The van der Waals surface area contributed by atoms with E-state index >= 15 is 0 Å². The van der Waals surface area contributed by atoms with E-state index in [-0.39, 0.29) is 206 Å². The summed E-state index contributed by atoms with van der Waals surface area (Å²) in [5, 5.41) is 0. The molecule has 140 heavy (non-hydrogen) atoms. The number of nitrogens with zero attached hydrogens (tertiary/aromatic N) is 8. The number of ketones is 1. The molecule has 0 aliphatic rings. The third-order valence-electron chi connectivity index (χ3n) is 20.7. The molecule has 0 bridgehead atoms. The van der Waals surface area contributed by atoms with Gasteiger partial charge in [-0.3, -0.25) is 76.7 Å². The number of hydrogen-bond acceptors (Lipinski definition) is 24. The standard InChI is InChI=1S/C20H37NO3.C17H31NO3.2C13H23NO3.2C12H21NO3.C11H19NO3.C10H17NO3/c1-7-11-14-20(10-4,13-8-2)16-24-19(23)12-15-21(17(5)6)18(22)9-3;1-5-7-8-9-10-13-21-14-16(19)11-12-18(15(3)4)17(20)6-2;1-6-12(15)14(11(4)5)8-7-13(16)17-9-10(2)3;1-5-7-10-17-13(16)8-9-14(11(3)4)12(15)6-2;1-6-11(14)13(9(2)3)8-7-12(15)16-10(4)5;1-5-9-16-12(15)7-8-13(10(3)4)11(14)6-2;1-5-10(13)12(9(3)4)8-7-11(14)15-6-2;1-5-9(12)11(8(2)3)7-6-10(13)14-4/h9,17H,3,7-8,10-16H2,1-2,4-6H3;6,15H,2,5,7-14H2,1,3-4H3;6,10-11H,1,7-9H2,2-5H3;6,11H,2,5,7-10H2,1,3-4H3;6,9-10H,1,7-8H2,2-5H3;6,10H,2,5,7-9H2,1,3-4H3;5,9H,1,6-8H2,2-4H3;5,8H,1,6-7H2,2-4H3. The molecule has 0 rings (SSSR count). The van der Waals surface area contributed by atoms with Gasteiger partial charge in [0, 0.05) is 119 Å². The monoisotopic (exact) mass is 1990 g/mol. The van der Waals surface area contributed by atoms with Gasteiger partial charge < -0.3 is 77.1 Å². The Hall–Kier alpha value is -10.4. The van der Waals surface area contributed by atoms with Gasteiger partial charge in [0.25, 0.3) is 0 Å². The van der Waals surface area contributed by atoms with Crippen molar-refractivity contribution in [3.63, 3.8) is 0 Å². The third kappa shape index (κ3) is 80.3. The third-order valence-corrected chi connectivity index (χ3v) is 20.7. The number of amides is 8. The van der Waals surface area contributed by atoms with E-state index < -0.39 is 0 Å². The molecule has 0 spiro atoms. The van der Waals surface area contributed by atoms with E-state index in [9.17, 15) is 76.7 Å². The summed E-state index contributed by atoms with van der Waals surface area (Å²) in [5.74, 6) is -2.70. The zero-order valence-electron chi connectivity index (χ0n) is 92.1. The van der Waals surface area contributed by atoms with Gasteiger partial charge in [-0.1, -0.05) is 159 Å². The van der Waals surface area contributed by atoms with Gasteiger partial charge in [0.15, 0.2) is 5.78 Å². The van der Waals surface area contributed by atoms with Gasteiger partial charge in [0.1, 0.15) is 6.61 Å². The Kier molecular flexibility index (Phi) is 95.6. The Balaban J connectivity index is -0.000000238. The van der Waals surface area contributed by atoms with Crippen molar-refractivity contribution in [3.8, 4) is 0 Å². The second-order valence-corrected chi connectivity index (χ2v) is 35.8. The zero-order chi connectivity index (χ0) is 110. The predicted molar refractivity (Wildman–Crippen MR) is 559 cm³/mol. The summed E-state index contributed by atoms with van der Waals surface area (Å²) in [4.78, 5) is 196. The second kappa shape index (κ2) is 92.3. The molecule has 0 saturated carbocycles. The maximum Gasteiger partial charge on any atom is 0.307 e. The fraction of sp³-hybridized carbons (Fsp3) is 0.704. The van der Waals surface area contributed by atoms with Crippen molar-refractivity contribution in [1.82, 2.24) is 39.2 Å². The maximum absolute atomic E-state index is 12.1. The van der Waals surface area contributed by atoms with Crippen molar-refractivity contribution < 1.29 is 115 Å². The highest BCUT2D eigenvalue weighted by Gasteiger charge is 2.30. The van der Waals surface area contributed by atoms with Crippen LogP contribution in [0.25, 0.3) is 0 Å². The van der Waals surface area contributed by atoms with E-state index in [2.05, 4.69) is 85.1 Å². The molecule has 0 aromatic carbocycles. The zero-order valence-corrected chi connectivity index (χ0v) is 92.1. The number of esters is 7. The summed E-state index contributed by atoms with van der Waals surface area (Å²) in [5.41, 5.74) is 0.106. The van der Waals surface area contributed by atoms with Crippen LogP contribution >= 0.6 is 0 Å². The fourth-order valence-corrected chi connectivity index (χ4v) is 12.5. The molecule has 0 heterocycles. The Morgan fingerprint density at radius 2 is 0.557 bits per heavy atom. The molecular formula is C108H192N8O24. The molecule has 808 valence electrons. The minimum atomic E-state index is -0.312. The highest BCUT2D eigenvalue weighted by molar-refractivity contribution is 5.91. The molecule has 0 aliphatic heterocycles. The first-order valence-corrected chi connectivity index (χ1v) is 50.3. The van der Waals surface area contributed by atoms with Crippen molar-refractivity contribution in [3.05, 3.63) is 101 Å². The first-order valence-electron chi connectivity index (χ1n) is 50.3. The first kappa shape index (κ1) is 145. The quantitative estimate of drug-likeness (QED) is 0.0236. The van der Waals surface area contributed by atoms with Crippen LogP contribution in [0.4, 0.5) is 0 Å². The number of rotatable bonds is 65. The molecule has 0 fully saturated rings. The van der Waals surface area contributed by atoms with E-state index in [1.165, 1.54) is 81.4 Å². The van der Waals surface area contributed by atoms with E-state index in [1.807, 2.05) is 138 Å². The molecule has 1 unspecified atom stereocenters. The van der Waals surface area contributed by atoms with Gasteiger partial charge in [0.05, 0.1) is 91.2 Å². The van der Waals surface area contributed by atoms with Crippen LogP contribution in [0.5, 0.6) is 0 Å². The van der Waals surface area contributed by atoms with Crippen LogP contribution in [0.1, 0.15) is 328 Å². The van der Waals surface area contributed by atoms with Gasteiger partial charge in [-0.15, -0.1) is 0 Å². The van der Waals surface area contributed by atoms with Crippen LogP contribution in [0.15, 0.2) is 101 Å². The summed E-state index contributed by atoms with van der Waals surface area (Å²) in [6.45, 7) is 86.2. The van der Waals surface area contributed by atoms with Crippen molar-refractivity contribution in [2.75, 3.05) is 106 Å². The van der Waals surface area contributed by atoms with Crippen LogP contribution in [-0.4, -0.2) is 294 Å². The molecule has 0 aromatic heterocycles. The summed E-state index contributed by atoms with van der Waals surface area (Å²) >= 11 is 0. The molecule has 0 aliphatic carbocycles. The molecule has 0 aromatic rings. The van der Waals surface area contributed by atoms with Crippen molar-refractivity contribution >= 4 is 94.8 Å². The average Bonchev–Trinajstić information content (AvgIpc) is 0.870. The van der Waals surface area contributed by atoms with E-state index in [0.717, 1.165) is 64.2 Å². The number of carbonyl (C=O) groups is 16. The topological polar surface area (TPSA) is 373 Å². The lowest BCUT2D eigenvalue weighted by atomic mass is 9.77. The van der Waals surface area contributed by atoms with Crippen LogP contribution in [0, 0.1) is 11.3 Å². The Labute approximate surface area is 845 Å². The van der Waals surface area contributed by atoms with Gasteiger partial charge in [0.2, 0.25) is 47.3 Å². The molecule has 0 radical (unpaired) electrons. The minimum Gasteiger partial charge on any atom is -0.469 e. The van der Waals surface area contributed by atoms with Crippen LogP contribution < -0.4 is 0 Å². The van der Waals surface area contributed by atoms with E-state index in [4.69, 9.17) is 33.2 Å². The number of hydrogen-bond donors (Lipinski definition) is 0.